The van der Waals surface area contributed by atoms with Crippen LogP contribution in [0.3, 0.4) is 0 Å². The summed E-state index contributed by atoms with van der Waals surface area (Å²) in [5.41, 5.74) is 2.45. The second kappa shape index (κ2) is 6.31. The lowest BCUT2D eigenvalue weighted by molar-refractivity contribution is 0.296. The molecule has 6 nitrogen and oxygen atoms in total. The van der Waals surface area contributed by atoms with E-state index in [1.807, 2.05) is 0 Å². The lowest BCUT2D eigenvalue weighted by Gasteiger charge is -2.30. The number of hydrogen-bond donors (Lipinski definition) is 3. The van der Waals surface area contributed by atoms with Crippen LogP contribution in [0.5, 0.6) is 0 Å². The van der Waals surface area contributed by atoms with Gasteiger partial charge in [0.25, 0.3) is 0 Å². The highest BCUT2D eigenvalue weighted by molar-refractivity contribution is 9.10. The fourth-order valence-electron chi connectivity index (χ4n) is 2.41. The number of aliphatic hydroxyl groups excluding tert-OH is 1. The van der Waals surface area contributed by atoms with Gasteiger partial charge in [0.05, 0.1) is 11.1 Å². The first-order valence-corrected chi connectivity index (χ1v) is 6.92. The maximum absolute atomic E-state index is 9.24. The molecule has 0 amide bonds. The summed E-state index contributed by atoms with van der Waals surface area (Å²) < 4.78 is 0.821. The van der Waals surface area contributed by atoms with Crippen LogP contribution < -0.4 is 16.2 Å². The fourth-order valence-corrected chi connectivity index (χ4v) is 2.83. The second-order valence-electron chi connectivity index (χ2n) is 4.36. The molecule has 0 aliphatic heterocycles. The van der Waals surface area contributed by atoms with E-state index in [4.69, 9.17) is 5.84 Å². The number of nitrogens with zero attached hydrogens (tertiary/aromatic N) is 3. The van der Waals surface area contributed by atoms with E-state index in [9.17, 15) is 5.11 Å². The number of rotatable bonds is 5. The number of nitrogens with two attached hydrogens (primary N) is 1. The third-order valence-electron chi connectivity index (χ3n) is 3.23. The summed E-state index contributed by atoms with van der Waals surface area (Å²) in [5.74, 6) is 6.51. The first-order valence-electron chi connectivity index (χ1n) is 6.13. The molecule has 100 valence electrons. The molecule has 0 spiro atoms. The van der Waals surface area contributed by atoms with Crippen LogP contribution >= 0.6 is 15.9 Å². The van der Waals surface area contributed by atoms with Gasteiger partial charge in [-0.1, -0.05) is 12.8 Å². The van der Waals surface area contributed by atoms with Gasteiger partial charge >= 0.3 is 0 Å². The first-order chi connectivity index (χ1) is 8.76. The Labute approximate surface area is 115 Å². The zero-order chi connectivity index (χ0) is 13.0. The molecule has 0 atom stereocenters. The zero-order valence-electron chi connectivity index (χ0n) is 10.1. The predicted octanol–water partition coefficient (Wildman–Crippen LogP) is 1.27. The van der Waals surface area contributed by atoms with Crippen molar-refractivity contribution in [2.24, 2.45) is 5.84 Å². The molecule has 2 rings (SSSR count). The van der Waals surface area contributed by atoms with Gasteiger partial charge in [0.15, 0.2) is 0 Å². The molecule has 1 heterocycles. The highest BCUT2D eigenvalue weighted by Crippen LogP contribution is 2.31. The van der Waals surface area contributed by atoms with Crippen molar-refractivity contribution in [3.8, 4) is 0 Å². The summed E-state index contributed by atoms with van der Waals surface area (Å²) in [7, 11) is 0. The maximum atomic E-state index is 9.24. The van der Waals surface area contributed by atoms with Gasteiger partial charge in [-0.05, 0) is 28.8 Å². The minimum Gasteiger partial charge on any atom is -0.395 e. The van der Waals surface area contributed by atoms with Gasteiger partial charge in [-0.2, -0.15) is 4.98 Å². The van der Waals surface area contributed by atoms with Gasteiger partial charge in [0.1, 0.15) is 5.82 Å². The molecule has 0 unspecified atom stereocenters. The molecule has 0 bridgehead atoms. The van der Waals surface area contributed by atoms with Crippen LogP contribution in [0.2, 0.25) is 0 Å². The fraction of sp³-hybridized carbons (Fsp3) is 0.636. The molecular formula is C11H18BrN5O. The molecule has 0 aromatic carbocycles. The van der Waals surface area contributed by atoms with Gasteiger partial charge in [-0.3, -0.25) is 5.43 Å². The largest absolute Gasteiger partial charge is 0.395 e. The van der Waals surface area contributed by atoms with E-state index >= 15 is 0 Å². The summed E-state index contributed by atoms with van der Waals surface area (Å²) in [6.07, 6.45) is 6.43. The van der Waals surface area contributed by atoms with E-state index in [-0.39, 0.29) is 6.61 Å². The Kier molecular flexibility index (Phi) is 4.73. The highest BCUT2D eigenvalue weighted by atomic mass is 79.9. The van der Waals surface area contributed by atoms with Crippen LogP contribution in [0.4, 0.5) is 11.8 Å². The van der Waals surface area contributed by atoms with Crippen molar-refractivity contribution in [1.82, 2.24) is 9.97 Å². The van der Waals surface area contributed by atoms with Crippen LogP contribution in [0.15, 0.2) is 10.7 Å². The minimum atomic E-state index is 0.109. The molecule has 1 aliphatic rings. The number of nitrogens with one attached hydrogen (secondary N) is 1. The average Bonchev–Trinajstić information content (AvgIpc) is 2.91. The predicted molar refractivity (Wildman–Crippen MR) is 74.2 cm³/mol. The van der Waals surface area contributed by atoms with Crippen molar-refractivity contribution in [1.29, 1.82) is 0 Å². The first kappa shape index (κ1) is 13.5. The van der Waals surface area contributed by atoms with Crippen molar-refractivity contribution in [2.45, 2.75) is 31.7 Å². The zero-order valence-corrected chi connectivity index (χ0v) is 11.7. The molecule has 0 saturated heterocycles. The molecule has 1 fully saturated rings. The molecule has 1 saturated carbocycles. The van der Waals surface area contributed by atoms with Crippen LogP contribution in [-0.4, -0.2) is 34.3 Å². The topological polar surface area (TPSA) is 87.3 Å². The summed E-state index contributed by atoms with van der Waals surface area (Å²) in [6, 6.07) is 0.439. The Morgan fingerprint density at radius 2 is 2.22 bits per heavy atom. The number of hydrogen-bond acceptors (Lipinski definition) is 6. The minimum absolute atomic E-state index is 0.109. The molecule has 4 N–H and O–H groups in total. The van der Waals surface area contributed by atoms with E-state index in [1.54, 1.807) is 6.20 Å². The lowest BCUT2D eigenvalue weighted by atomic mass is 10.2. The van der Waals surface area contributed by atoms with Crippen molar-refractivity contribution in [2.75, 3.05) is 23.5 Å². The third-order valence-corrected chi connectivity index (χ3v) is 3.79. The Hall–Kier alpha value is -0.920. The smallest absolute Gasteiger partial charge is 0.239 e. The molecule has 0 radical (unpaired) electrons. The lowest BCUT2D eigenvalue weighted by Crippen LogP contribution is -2.36. The quantitative estimate of drug-likeness (QED) is 0.560. The Morgan fingerprint density at radius 3 is 2.83 bits per heavy atom. The molecule has 1 aromatic heterocycles. The molecular weight excluding hydrogens is 298 g/mol. The SMILES string of the molecule is NNc1ncc(Br)c(N(CCO)C2CCCC2)n1. The highest BCUT2D eigenvalue weighted by Gasteiger charge is 2.25. The van der Waals surface area contributed by atoms with Gasteiger partial charge in [-0.25, -0.2) is 10.8 Å². The van der Waals surface area contributed by atoms with Crippen molar-refractivity contribution in [3.63, 3.8) is 0 Å². The second-order valence-corrected chi connectivity index (χ2v) is 5.22. The number of hydrazine groups is 1. The standard InChI is InChI=1S/C11H18BrN5O/c12-9-7-14-11(16-13)15-10(9)17(5-6-18)8-3-1-2-4-8/h7-8,18H,1-6,13H2,(H,14,15,16). The summed E-state index contributed by atoms with van der Waals surface area (Å²) in [6.45, 7) is 0.683. The monoisotopic (exact) mass is 315 g/mol. The van der Waals surface area contributed by atoms with Crippen LogP contribution in [-0.2, 0) is 0 Å². The molecule has 1 aliphatic carbocycles. The van der Waals surface area contributed by atoms with Gasteiger partial charge in [-0.15, -0.1) is 0 Å². The van der Waals surface area contributed by atoms with Gasteiger partial charge < -0.3 is 10.0 Å². The van der Waals surface area contributed by atoms with Gasteiger partial charge in [0, 0.05) is 18.8 Å². The summed E-state index contributed by atoms with van der Waals surface area (Å²) >= 11 is 3.46. The Morgan fingerprint density at radius 1 is 1.50 bits per heavy atom. The van der Waals surface area contributed by atoms with Crippen LogP contribution in [0.25, 0.3) is 0 Å². The van der Waals surface area contributed by atoms with Crippen molar-refractivity contribution in [3.05, 3.63) is 10.7 Å². The molecule has 1 aromatic rings. The average molecular weight is 316 g/mol. The normalized spacial score (nSPS) is 15.9. The summed E-state index contributed by atoms with van der Waals surface area (Å²) in [5, 5.41) is 9.24. The number of aliphatic hydroxyl groups is 1. The number of aromatic nitrogens is 2. The van der Waals surface area contributed by atoms with Crippen LogP contribution in [0, 0.1) is 0 Å². The van der Waals surface area contributed by atoms with Crippen molar-refractivity contribution < 1.29 is 5.11 Å². The molecule has 18 heavy (non-hydrogen) atoms. The number of nitrogen functional groups attached to an aromatic ring is 1. The molecule has 7 heteroatoms. The van der Waals surface area contributed by atoms with E-state index < -0.39 is 0 Å². The number of halogens is 1. The van der Waals surface area contributed by atoms with Crippen molar-refractivity contribution >= 4 is 27.7 Å². The van der Waals surface area contributed by atoms with E-state index in [0.717, 1.165) is 23.1 Å². The van der Waals surface area contributed by atoms with Gasteiger partial charge in [0.2, 0.25) is 5.95 Å². The summed E-state index contributed by atoms with van der Waals surface area (Å²) in [4.78, 5) is 10.6. The van der Waals surface area contributed by atoms with E-state index in [1.165, 1.54) is 12.8 Å². The maximum Gasteiger partial charge on any atom is 0.239 e. The Balaban J connectivity index is 2.28. The van der Waals surface area contributed by atoms with E-state index in [2.05, 4.69) is 36.2 Å². The third kappa shape index (κ3) is 2.90. The van der Waals surface area contributed by atoms with E-state index in [0.29, 0.717) is 18.5 Å². The number of anilines is 2. The van der Waals surface area contributed by atoms with Crippen LogP contribution in [0.1, 0.15) is 25.7 Å². The Bertz CT molecular complexity index is 397.